The van der Waals surface area contributed by atoms with Gasteiger partial charge in [0, 0.05) is 11.1 Å². The summed E-state index contributed by atoms with van der Waals surface area (Å²) in [5, 5.41) is 3.73. The lowest BCUT2D eigenvalue weighted by Gasteiger charge is -2.21. The average molecular weight is 362 g/mol. The zero-order valence-corrected chi connectivity index (χ0v) is 15.3. The second kappa shape index (κ2) is 8.50. The van der Waals surface area contributed by atoms with Crippen molar-refractivity contribution in [2.75, 3.05) is 0 Å². The van der Waals surface area contributed by atoms with E-state index in [1.165, 1.54) is 6.08 Å². The van der Waals surface area contributed by atoms with Crippen LogP contribution in [-0.2, 0) is 4.79 Å². The lowest BCUT2D eigenvalue weighted by Crippen LogP contribution is -2.28. The van der Waals surface area contributed by atoms with Crippen LogP contribution in [0.25, 0.3) is 6.08 Å². The van der Waals surface area contributed by atoms with Crippen LogP contribution >= 0.6 is 11.6 Å². The van der Waals surface area contributed by atoms with Gasteiger partial charge in [0.25, 0.3) is 0 Å². The smallest absolute Gasteiger partial charge is 0.244 e. The van der Waals surface area contributed by atoms with Crippen LogP contribution in [0.5, 0.6) is 0 Å². The number of carbonyl (C=O) groups is 1. The third kappa shape index (κ3) is 4.41. The monoisotopic (exact) mass is 361 g/mol. The molecule has 1 atom stereocenters. The molecule has 1 amide bonds. The molecule has 3 heteroatoms. The van der Waals surface area contributed by atoms with E-state index in [4.69, 9.17) is 11.6 Å². The molecular formula is C23H20ClNO. The second-order valence-electron chi connectivity index (χ2n) is 6.06. The SMILES string of the molecule is Cc1ccccc1C(NC(=O)/C=C/c1ccccc1Cl)c1ccccc1. The standard InChI is InChI=1S/C23H20ClNO/c1-17-9-5-7-13-20(17)23(19-11-3-2-4-12-19)25-22(26)16-15-18-10-6-8-14-21(18)24/h2-16,23H,1H3,(H,25,26)/b16-15+. The quantitative estimate of drug-likeness (QED) is 0.591. The van der Waals surface area contributed by atoms with Crippen molar-refractivity contribution < 1.29 is 4.79 Å². The molecule has 0 aromatic heterocycles. The summed E-state index contributed by atoms with van der Waals surface area (Å²) in [4.78, 5) is 12.6. The van der Waals surface area contributed by atoms with Gasteiger partial charge in [0.2, 0.25) is 5.91 Å². The molecule has 2 nitrogen and oxygen atoms in total. The van der Waals surface area contributed by atoms with E-state index in [9.17, 15) is 4.79 Å². The van der Waals surface area contributed by atoms with E-state index in [0.29, 0.717) is 5.02 Å². The van der Waals surface area contributed by atoms with Gasteiger partial charge in [-0.05, 0) is 41.3 Å². The van der Waals surface area contributed by atoms with Crippen molar-refractivity contribution in [2.45, 2.75) is 13.0 Å². The molecule has 0 fully saturated rings. The summed E-state index contributed by atoms with van der Waals surface area (Å²) in [5.41, 5.74) is 4.08. The fourth-order valence-electron chi connectivity index (χ4n) is 2.86. The van der Waals surface area contributed by atoms with Gasteiger partial charge in [-0.2, -0.15) is 0 Å². The van der Waals surface area contributed by atoms with Gasteiger partial charge in [0.05, 0.1) is 6.04 Å². The van der Waals surface area contributed by atoms with Gasteiger partial charge >= 0.3 is 0 Å². The molecule has 0 aliphatic heterocycles. The number of hydrogen-bond donors (Lipinski definition) is 1. The van der Waals surface area contributed by atoms with E-state index >= 15 is 0 Å². The molecule has 0 aliphatic carbocycles. The fourth-order valence-corrected chi connectivity index (χ4v) is 3.06. The van der Waals surface area contributed by atoms with Gasteiger partial charge in [-0.15, -0.1) is 0 Å². The molecule has 3 rings (SSSR count). The van der Waals surface area contributed by atoms with Gasteiger partial charge in [-0.1, -0.05) is 84.4 Å². The minimum atomic E-state index is -0.208. The number of rotatable bonds is 5. The highest BCUT2D eigenvalue weighted by molar-refractivity contribution is 6.32. The number of halogens is 1. The van der Waals surface area contributed by atoms with Crippen LogP contribution in [0, 0.1) is 6.92 Å². The van der Waals surface area contributed by atoms with Gasteiger partial charge in [0.15, 0.2) is 0 Å². The van der Waals surface area contributed by atoms with Crippen LogP contribution < -0.4 is 5.32 Å². The Balaban J connectivity index is 1.86. The Morgan fingerprint density at radius 2 is 1.58 bits per heavy atom. The first-order chi connectivity index (χ1) is 12.6. The summed E-state index contributed by atoms with van der Waals surface area (Å²) < 4.78 is 0. The van der Waals surface area contributed by atoms with E-state index in [1.54, 1.807) is 12.1 Å². The number of hydrogen-bond acceptors (Lipinski definition) is 1. The molecule has 3 aromatic rings. The molecule has 3 aromatic carbocycles. The minimum absolute atomic E-state index is 0.165. The summed E-state index contributed by atoms with van der Waals surface area (Å²) in [6.07, 6.45) is 3.26. The maximum absolute atomic E-state index is 12.6. The number of aryl methyl sites for hydroxylation is 1. The van der Waals surface area contributed by atoms with E-state index in [-0.39, 0.29) is 11.9 Å². The first-order valence-electron chi connectivity index (χ1n) is 8.49. The highest BCUT2D eigenvalue weighted by Crippen LogP contribution is 2.25. The predicted octanol–water partition coefficient (Wildman–Crippen LogP) is 5.57. The molecule has 26 heavy (non-hydrogen) atoms. The number of benzene rings is 3. The minimum Gasteiger partial charge on any atom is -0.342 e. The van der Waals surface area contributed by atoms with E-state index in [0.717, 1.165) is 22.3 Å². The van der Waals surface area contributed by atoms with E-state index in [2.05, 4.69) is 18.3 Å². The Labute approximate surface area is 159 Å². The molecule has 1 N–H and O–H groups in total. The Morgan fingerprint density at radius 1 is 0.923 bits per heavy atom. The number of amides is 1. The highest BCUT2D eigenvalue weighted by Gasteiger charge is 2.17. The molecular weight excluding hydrogens is 342 g/mol. The van der Waals surface area contributed by atoms with Crippen LogP contribution in [-0.4, -0.2) is 5.91 Å². The molecule has 0 radical (unpaired) electrons. The molecule has 0 bridgehead atoms. The van der Waals surface area contributed by atoms with Crippen LogP contribution in [0.1, 0.15) is 28.3 Å². The number of nitrogens with one attached hydrogen (secondary N) is 1. The Bertz CT molecular complexity index is 918. The summed E-state index contributed by atoms with van der Waals surface area (Å²) in [7, 11) is 0. The van der Waals surface area contributed by atoms with Crippen LogP contribution in [0.4, 0.5) is 0 Å². The zero-order valence-electron chi connectivity index (χ0n) is 14.5. The Kier molecular flexibility index (Phi) is 5.88. The first-order valence-corrected chi connectivity index (χ1v) is 8.86. The maximum Gasteiger partial charge on any atom is 0.244 e. The third-order valence-corrected chi connectivity index (χ3v) is 4.58. The van der Waals surface area contributed by atoms with E-state index in [1.807, 2.05) is 66.7 Å². The summed E-state index contributed by atoms with van der Waals surface area (Å²) >= 11 is 6.14. The van der Waals surface area contributed by atoms with Gasteiger partial charge in [-0.25, -0.2) is 0 Å². The Hall–Kier alpha value is -2.84. The fraction of sp³-hybridized carbons (Fsp3) is 0.0870. The number of carbonyl (C=O) groups excluding carboxylic acids is 1. The summed E-state index contributed by atoms with van der Waals surface area (Å²) in [6, 6.07) is 25.3. The normalized spacial score (nSPS) is 12.1. The van der Waals surface area contributed by atoms with Crippen LogP contribution in [0.15, 0.2) is 84.9 Å². The molecule has 0 heterocycles. The summed E-state index contributed by atoms with van der Waals surface area (Å²) in [5.74, 6) is -0.165. The van der Waals surface area contributed by atoms with Gasteiger partial charge in [0.1, 0.15) is 0 Å². The van der Waals surface area contributed by atoms with Gasteiger partial charge in [-0.3, -0.25) is 4.79 Å². The predicted molar refractivity (Wildman–Crippen MR) is 108 cm³/mol. The van der Waals surface area contributed by atoms with Crippen molar-refractivity contribution in [3.63, 3.8) is 0 Å². The Morgan fingerprint density at radius 3 is 2.31 bits per heavy atom. The maximum atomic E-state index is 12.6. The van der Waals surface area contributed by atoms with Crippen molar-refractivity contribution in [3.8, 4) is 0 Å². The van der Waals surface area contributed by atoms with Crippen molar-refractivity contribution in [1.29, 1.82) is 0 Å². The largest absolute Gasteiger partial charge is 0.342 e. The molecule has 130 valence electrons. The molecule has 0 saturated carbocycles. The molecule has 1 unspecified atom stereocenters. The van der Waals surface area contributed by atoms with Crippen molar-refractivity contribution in [3.05, 3.63) is 112 Å². The highest BCUT2D eigenvalue weighted by atomic mass is 35.5. The van der Waals surface area contributed by atoms with Crippen LogP contribution in [0.3, 0.4) is 0 Å². The van der Waals surface area contributed by atoms with Crippen molar-refractivity contribution in [1.82, 2.24) is 5.32 Å². The van der Waals surface area contributed by atoms with Crippen LogP contribution in [0.2, 0.25) is 5.02 Å². The lowest BCUT2D eigenvalue weighted by molar-refractivity contribution is -0.116. The average Bonchev–Trinajstić information content (AvgIpc) is 2.67. The molecule has 0 saturated heterocycles. The zero-order chi connectivity index (χ0) is 18.4. The van der Waals surface area contributed by atoms with Crippen molar-refractivity contribution >= 4 is 23.6 Å². The van der Waals surface area contributed by atoms with Gasteiger partial charge < -0.3 is 5.32 Å². The summed E-state index contributed by atoms with van der Waals surface area (Å²) in [6.45, 7) is 2.05. The third-order valence-electron chi connectivity index (χ3n) is 4.24. The molecule has 0 spiro atoms. The molecule has 0 aliphatic rings. The first kappa shape index (κ1) is 18.0. The second-order valence-corrected chi connectivity index (χ2v) is 6.47. The lowest BCUT2D eigenvalue weighted by atomic mass is 9.95. The topological polar surface area (TPSA) is 29.1 Å². The van der Waals surface area contributed by atoms with E-state index < -0.39 is 0 Å². The van der Waals surface area contributed by atoms with Crippen molar-refractivity contribution in [2.24, 2.45) is 0 Å².